The van der Waals surface area contributed by atoms with Crippen LogP contribution in [0.2, 0.25) is 0 Å². The van der Waals surface area contributed by atoms with E-state index in [4.69, 9.17) is 9.79 Å². The van der Waals surface area contributed by atoms with Crippen molar-refractivity contribution in [1.82, 2.24) is 4.98 Å². The number of aromatic nitrogens is 1. The van der Waals surface area contributed by atoms with E-state index in [9.17, 15) is 0 Å². The molecular formula is C21H18N2O2. The second kappa shape index (κ2) is 8.02. The zero-order valence-corrected chi connectivity index (χ0v) is 13.9. The Morgan fingerprint density at radius 3 is 2.28 bits per heavy atom. The number of aliphatic imine (C=N–C) groups is 1. The van der Waals surface area contributed by atoms with Crippen LogP contribution < -0.4 is 0 Å². The smallest absolute Gasteiger partial charge is 0.292 e. The Morgan fingerprint density at radius 1 is 0.920 bits per heavy atom. The first-order valence-electron chi connectivity index (χ1n) is 7.95. The lowest BCUT2D eigenvalue weighted by Gasteiger charge is -2.14. The molecule has 0 fully saturated rings. The predicted octanol–water partition coefficient (Wildman–Crippen LogP) is 4.14. The molecule has 0 aliphatic carbocycles. The highest BCUT2D eigenvalue weighted by Gasteiger charge is 2.30. The third-order valence-corrected chi connectivity index (χ3v) is 3.91. The minimum atomic E-state index is 0.116. The number of para-hydroxylation sites is 1. The van der Waals surface area contributed by atoms with Crippen LogP contribution >= 0.6 is 0 Å². The molecule has 0 spiro atoms. The van der Waals surface area contributed by atoms with Gasteiger partial charge in [0.2, 0.25) is 0 Å². The van der Waals surface area contributed by atoms with Gasteiger partial charge in [0.25, 0.3) is 6.47 Å². The zero-order valence-electron chi connectivity index (χ0n) is 13.9. The first kappa shape index (κ1) is 16.6. The van der Waals surface area contributed by atoms with Crippen LogP contribution in [0.25, 0.3) is 0 Å². The van der Waals surface area contributed by atoms with Crippen molar-refractivity contribution in [3.8, 4) is 0 Å². The number of carbonyl (C=O) groups excluding carboxylic acids is 1. The van der Waals surface area contributed by atoms with Gasteiger partial charge in [0, 0.05) is 6.20 Å². The van der Waals surface area contributed by atoms with Crippen LogP contribution in [0.4, 0.5) is 5.69 Å². The zero-order chi connectivity index (χ0) is 17.5. The molecule has 1 aromatic heterocycles. The molecule has 4 nitrogen and oxygen atoms in total. The number of nitrogens with zero attached hydrogens (tertiary/aromatic N) is 2. The molecule has 1 aliphatic heterocycles. The topological polar surface area (TPSA) is 51.5 Å². The first-order chi connectivity index (χ1) is 12.3. The van der Waals surface area contributed by atoms with E-state index in [0.717, 1.165) is 22.7 Å². The van der Waals surface area contributed by atoms with Crippen molar-refractivity contribution in [1.29, 1.82) is 0 Å². The molecule has 1 aliphatic rings. The summed E-state index contributed by atoms with van der Waals surface area (Å²) in [7, 11) is 1.31. The van der Waals surface area contributed by atoms with Crippen molar-refractivity contribution >= 4 is 17.9 Å². The van der Waals surface area contributed by atoms with Gasteiger partial charge in [-0.1, -0.05) is 54.6 Å². The van der Waals surface area contributed by atoms with Gasteiger partial charge in [-0.3, -0.25) is 14.8 Å². The van der Waals surface area contributed by atoms with E-state index in [0.29, 0.717) is 6.47 Å². The largest absolute Gasteiger partial charge is 0.471 e. The van der Waals surface area contributed by atoms with Gasteiger partial charge in [0.05, 0.1) is 30.1 Å². The van der Waals surface area contributed by atoms with Crippen molar-refractivity contribution in [2.75, 3.05) is 7.11 Å². The van der Waals surface area contributed by atoms with E-state index < -0.39 is 0 Å². The van der Waals surface area contributed by atoms with Crippen molar-refractivity contribution < 1.29 is 9.53 Å². The van der Waals surface area contributed by atoms with E-state index in [1.807, 2.05) is 30.5 Å². The summed E-state index contributed by atoms with van der Waals surface area (Å²) in [5.74, 6) is 0.116. The molecule has 2 aromatic carbocycles. The van der Waals surface area contributed by atoms with Crippen LogP contribution in [0.15, 0.2) is 84.0 Å². The van der Waals surface area contributed by atoms with Crippen LogP contribution in [0.3, 0.4) is 0 Å². The Bertz CT molecular complexity index is 861. The summed E-state index contributed by atoms with van der Waals surface area (Å²) in [6, 6.07) is 24.7. The maximum Gasteiger partial charge on any atom is 0.292 e. The number of hydrogen-bond donors (Lipinski definition) is 0. The monoisotopic (exact) mass is 330 g/mol. The quantitative estimate of drug-likeness (QED) is 0.678. The molecule has 1 unspecified atom stereocenters. The summed E-state index contributed by atoms with van der Waals surface area (Å²) in [4.78, 5) is 18.4. The van der Waals surface area contributed by atoms with Gasteiger partial charge in [-0.05, 0) is 29.3 Å². The van der Waals surface area contributed by atoms with Crippen LogP contribution in [0.5, 0.6) is 0 Å². The summed E-state index contributed by atoms with van der Waals surface area (Å²) < 4.78 is 3.86. The summed E-state index contributed by atoms with van der Waals surface area (Å²) in [5, 5.41) is 0. The van der Waals surface area contributed by atoms with E-state index in [1.54, 1.807) is 0 Å². The molecule has 0 amide bonds. The Morgan fingerprint density at radius 2 is 1.60 bits per heavy atom. The average Bonchev–Trinajstić information content (AvgIpc) is 3.09. The predicted molar refractivity (Wildman–Crippen MR) is 98.2 cm³/mol. The maximum absolute atomic E-state index is 8.95. The lowest BCUT2D eigenvalue weighted by molar-refractivity contribution is -0.126. The third-order valence-electron chi connectivity index (χ3n) is 3.91. The first-order valence-corrected chi connectivity index (χ1v) is 7.95. The Kier molecular flexibility index (Phi) is 5.32. The molecule has 124 valence electrons. The molecule has 0 saturated carbocycles. The van der Waals surface area contributed by atoms with Crippen LogP contribution in [0, 0.1) is 0 Å². The molecule has 0 saturated heterocycles. The Hall–Kier alpha value is -3.27. The van der Waals surface area contributed by atoms with E-state index in [2.05, 4.69) is 58.3 Å². The molecular weight excluding hydrogens is 312 g/mol. The van der Waals surface area contributed by atoms with E-state index in [-0.39, 0.29) is 5.92 Å². The normalized spacial score (nSPS) is 14.6. The molecule has 25 heavy (non-hydrogen) atoms. The molecule has 4 rings (SSSR count). The second-order valence-corrected chi connectivity index (χ2v) is 5.44. The number of carbonyl (C=O) groups is 1. The fraction of sp³-hybridized carbons (Fsp3) is 0.0952. The van der Waals surface area contributed by atoms with Crippen molar-refractivity contribution in [3.63, 3.8) is 0 Å². The standard InChI is InChI=1S/C19H14N2.C2H4O2/c1-2-8-14(9-3-1)19-18(17-12-6-7-13-20-17)15-10-4-5-11-16(15)21-19;1-4-2-3/h1-13,18H;2H,1H3. The maximum atomic E-state index is 8.95. The van der Waals surface area contributed by atoms with Crippen molar-refractivity contribution in [2.45, 2.75) is 5.92 Å². The van der Waals surface area contributed by atoms with Gasteiger partial charge in [0.1, 0.15) is 0 Å². The van der Waals surface area contributed by atoms with Crippen LogP contribution in [-0.4, -0.2) is 24.3 Å². The minimum Gasteiger partial charge on any atom is -0.471 e. The van der Waals surface area contributed by atoms with Crippen molar-refractivity contribution in [2.24, 2.45) is 4.99 Å². The number of benzene rings is 2. The number of methoxy groups -OCH3 is 1. The van der Waals surface area contributed by atoms with Crippen LogP contribution in [-0.2, 0) is 9.53 Å². The Balaban J connectivity index is 0.000000415. The van der Waals surface area contributed by atoms with E-state index in [1.165, 1.54) is 12.7 Å². The summed E-state index contributed by atoms with van der Waals surface area (Å²) in [6.07, 6.45) is 1.85. The lowest BCUT2D eigenvalue weighted by Crippen LogP contribution is -2.12. The Labute approximate surface area is 146 Å². The third kappa shape index (κ3) is 3.63. The highest BCUT2D eigenvalue weighted by Crippen LogP contribution is 2.40. The fourth-order valence-electron chi connectivity index (χ4n) is 2.86. The average molecular weight is 330 g/mol. The number of hydrogen-bond acceptors (Lipinski definition) is 4. The van der Waals surface area contributed by atoms with E-state index >= 15 is 0 Å². The summed E-state index contributed by atoms with van der Waals surface area (Å²) in [5.41, 5.74) is 5.56. The molecule has 3 aromatic rings. The molecule has 4 heteroatoms. The highest BCUT2D eigenvalue weighted by molar-refractivity contribution is 6.11. The van der Waals surface area contributed by atoms with Gasteiger partial charge in [-0.2, -0.15) is 0 Å². The number of ether oxygens (including phenoxy) is 1. The fourth-order valence-corrected chi connectivity index (χ4v) is 2.86. The molecule has 0 radical (unpaired) electrons. The molecule has 1 atom stereocenters. The van der Waals surface area contributed by atoms with Gasteiger partial charge < -0.3 is 4.74 Å². The van der Waals surface area contributed by atoms with Gasteiger partial charge in [-0.25, -0.2) is 0 Å². The van der Waals surface area contributed by atoms with Gasteiger partial charge >= 0.3 is 0 Å². The van der Waals surface area contributed by atoms with Crippen LogP contribution in [0.1, 0.15) is 22.7 Å². The number of rotatable bonds is 3. The second-order valence-electron chi connectivity index (χ2n) is 5.44. The highest BCUT2D eigenvalue weighted by atomic mass is 16.5. The number of pyridine rings is 1. The summed E-state index contributed by atoms with van der Waals surface area (Å²) >= 11 is 0. The lowest BCUT2D eigenvalue weighted by atomic mass is 9.89. The number of fused-ring (bicyclic) bond motifs is 1. The minimum absolute atomic E-state index is 0.116. The molecule has 2 heterocycles. The summed E-state index contributed by atoms with van der Waals surface area (Å²) in [6.45, 7) is 0.375. The van der Waals surface area contributed by atoms with Gasteiger partial charge in [0.15, 0.2) is 0 Å². The van der Waals surface area contributed by atoms with Gasteiger partial charge in [-0.15, -0.1) is 0 Å². The van der Waals surface area contributed by atoms with Crippen molar-refractivity contribution in [3.05, 3.63) is 95.8 Å². The molecule has 0 bridgehead atoms. The molecule has 0 N–H and O–H groups in total. The SMILES string of the molecule is COC=O.c1ccc(C2=Nc3ccccc3C2c2ccccn2)cc1.